The largest absolute Gasteiger partial charge is 0.380 e. The van der Waals surface area contributed by atoms with Gasteiger partial charge in [0.1, 0.15) is 0 Å². The fraction of sp³-hybridized carbons (Fsp3) is 0.923. The van der Waals surface area contributed by atoms with Gasteiger partial charge in [-0.1, -0.05) is 20.8 Å². The first kappa shape index (κ1) is 16.4. The van der Waals surface area contributed by atoms with Gasteiger partial charge in [-0.3, -0.25) is 9.69 Å². The van der Waals surface area contributed by atoms with Crippen molar-refractivity contribution >= 4 is 5.91 Å². The molecule has 1 heterocycles. The Balaban J connectivity index is 0.00000121. The number of ether oxygens (including phenoxy) is 1. The molecule has 4 heteroatoms. The molecule has 0 aromatic carbocycles. The van der Waals surface area contributed by atoms with E-state index in [-0.39, 0.29) is 5.91 Å². The molecule has 0 aromatic heterocycles. The van der Waals surface area contributed by atoms with Crippen molar-refractivity contribution in [2.75, 3.05) is 33.3 Å². The summed E-state index contributed by atoms with van der Waals surface area (Å²) in [5.41, 5.74) is 0. The average Bonchev–Trinajstić information content (AvgIpc) is 2.41. The van der Waals surface area contributed by atoms with Gasteiger partial charge in [-0.2, -0.15) is 0 Å². The van der Waals surface area contributed by atoms with Gasteiger partial charge >= 0.3 is 0 Å². The number of amides is 1. The van der Waals surface area contributed by atoms with E-state index < -0.39 is 0 Å². The molecule has 1 aliphatic heterocycles. The van der Waals surface area contributed by atoms with Crippen molar-refractivity contribution in [1.29, 1.82) is 0 Å². The molecule has 1 aliphatic rings. The van der Waals surface area contributed by atoms with Crippen molar-refractivity contribution in [1.82, 2.24) is 10.2 Å². The molecule has 1 unspecified atom stereocenters. The molecule has 0 aromatic rings. The fourth-order valence-electron chi connectivity index (χ4n) is 1.89. The summed E-state index contributed by atoms with van der Waals surface area (Å²) in [6.07, 6.45) is 3.30. The zero-order chi connectivity index (χ0) is 13.1. The second-order valence-electron chi connectivity index (χ2n) is 4.00. The van der Waals surface area contributed by atoms with Gasteiger partial charge in [-0.15, -0.1) is 0 Å². The number of nitrogens with one attached hydrogen (secondary N) is 1. The number of piperidine rings is 1. The summed E-state index contributed by atoms with van der Waals surface area (Å²) < 4.78 is 5.34. The molecule has 0 radical (unpaired) electrons. The Hall–Kier alpha value is -0.610. The highest BCUT2D eigenvalue weighted by Crippen LogP contribution is 2.11. The van der Waals surface area contributed by atoms with Crippen LogP contribution in [0.25, 0.3) is 0 Å². The highest BCUT2D eigenvalue weighted by Gasteiger charge is 2.18. The van der Waals surface area contributed by atoms with Crippen LogP contribution < -0.4 is 5.32 Å². The topological polar surface area (TPSA) is 41.6 Å². The summed E-state index contributed by atoms with van der Waals surface area (Å²) in [7, 11) is 1.77. The Bertz CT molecular complexity index is 198. The zero-order valence-electron chi connectivity index (χ0n) is 11.8. The second kappa shape index (κ2) is 10.5. The van der Waals surface area contributed by atoms with Crippen LogP contribution in [0.4, 0.5) is 0 Å². The smallest absolute Gasteiger partial charge is 0.219 e. The standard InChI is InChI=1S/C11H22N2O2.C2H6/c1-3-11(14)12-6-8-13-7-4-5-10(9-13)15-2;1-2/h10H,3-9H2,1-2H3,(H,12,14);1-2H3. The first-order valence-corrected chi connectivity index (χ1v) is 6.78. The lowest BCUT2D eigenvalue weighted by Crippen LogP contribution is -2.43. The van der Waals surface area contributed by atoms with Crippen LogP contribution in [0.2, 0.25) is 0 Å². The number of hydrogen-bond donors (Lipinski definition) is 1. The Kier molecular flexibility index (Phi) is 10.2. The van der Waals surface area contributed by atoms with Gasteiger partial charge in [0.15, 0.2) is 0 Å². The maximum absolute atomic E-state index is 11.0. The average molecular weight is 244 g/mol. The van der Waals surface area contributed by atoms with Crippen LogP contribution in [0.3, 0.4) is 0 Å². The van der Waals surface area contributed by atoms with E-state index >= 15 is 0 Å². The summed E-state index contributed by atoms with van der Waals surface area (Å²) in [6, 6.07) is 0. The van der Waals surface area contributed by atoms with Crippen molar-refractivity contribution in [3.05, 3.63) is 0 Å². The van der Waals surface area contributed by atoms with E-state index in [0.717, 1.165) is 32.6 Å². The van der Waals surface area contributed by atoms with Gasteiger partial charge in [0.2, 0.25) is 5.91 Å². The van der Waals surface area contributed by atoms with Crippen LogP contribution in [0.5, 0.6) is 0 Å². The molecule has 0 aliphatic carbocycles. The van der Waals surface area contributed by atoms with E-state index in [9.17, 15) is 4.79 Å². The van der Waals surface area contributed by atoms with Crippen LogP contribution in [0.15, 0.2) is 0 Å². The van der Waals surface area contributed by atoms with Gasteiger partial charge < -0.3 is 10.1 Å². The van der Waals surface area contributed by atoms with E-state index in [4.69, 9.17) is 4.74 Å². The molecule has 0 spiro atoms. The van der Waals surface area contributed by atoms with E-state index in [1.807, 2.05) is 20.8 Å². The Morgan fingerprint density at radius 3 is 2.76 bits per heavy atom. The minimum atomic E-state index is 0.135. The lowest BCUT2D eigenvalue weighted by molar-refractivity contribution is -0.120. The van der Waals surface area contributed by atoms with Gasteiger partial charge in [0.25, 0.3) is 0 Å². The molecule has 0 bridgehead atoms. The SMILES string of the molecule is CC.CCC(=O)NCCN1CCCC(OC)C1. The van der Waals surface area contributed by atoms with Crippen LogP contribution >= 0.6 is 0 Å². The van der Waals surface area contributed by atoms with Crippen molar-refractivity contribution < 1.29 is 9.53 Å². The summed E-state index contributed by atoms with van der Waals surface area (Å²) >= 11 is 0. The minimum absolute atomic E-state index is 0.135. The molecule has 0 saturated carbocycles. The number of rotatable bonds is 5. The van der Waals surface area contributed by atoms with E-state index in [0.29, 0.717) is 12.5 Å². The van der Waals surface area contributed by atoms with Crippen LogP contribution in [0, 0.1) is 0 Å². The molecular weight excluding hydrogens is 216 g/mol. The first-order chi connectivity index (χ1) is 8.26. The minimum Gasteiger partial charge on any atom is -0.380 e. The molecule has 17 heavy (non-hydrogen) atoms. The van der Waals surface area contributed by atoms with Crippen molar-refractivity contribution in [2.24, 2.45) is 0 Å². The highest BCUT2D eigenvalue weighted by atomic mass is 16.5. The number of methoxy groups -OCH3 is 1. The number of hydrogen-bond acceptors (Lipinski definition) is 3. The predicted molar refractivity (Wildman–Crippen MR) is 71.1 cm³/mol. The van der Waals surface area contributed by atoms with Crippen LogP contribution in [0.1, 0.15) is 40.0 Å². The summed E-state index contributed by atoms with van der Waals surface area (Å²) in [5, 5.41) is 2.89. The molecule has 102 valence electrons. The molecule has 1 atom stereocenters. The molecular formula is C13H28N2O2. The molecule has 1 amide bonds. The summed E-state index contributed by atoms with van der Waals surface area (Å²) in [6.45, 7) is 9.69. The maximum atomic E-state index is 11.0. The van der Waals surface area contributed by atoms with Gasteiger partial charge in [0, 0.05) is 33.2 Å². The van der Waals surface area contributed by atoms with Gasteiger partial charge in [-0.05, 0) is 19.4 Å². The monoisotopic (exact) mass is 244 g/mol. The van der Waals surface area contributed by atoms with E-state index in [1.165, 1.54) is 6.42 Å². The lowest BCUT2D eigenvalue weighted by Gasteiger charge is -2.31. The second-order valence-corrected chi connectivity index (χ2v) is 4.00. The number of nitrogens with zero attached hydrogens (tertiary/aromatic N) is 1. The Morgan fingerprint density at radius 2 is 2.18 bits per heavy atom. The van der Waals surface area contributed by atoms with Crippen molar-refractivity contribution in [3.63, 3.8) is 0 Å². The van der Waals surface area contributed by atoms with Gasteiger partial charge in [-0.25, -0.2) is 0 Å². The Labute approximate surface area is 106 Å². The Morgan fingerprint density at radius 1 is 1.47 bits per heavy atom. The zero-order valence-corrected chi connectivity index (χ0v) is 11.8. The molecule has 4 nitrogen and oxygen atoms in total. The summed E-state index contributed by atoms with van der Waals surface area (Å²) in [5.74, 6) is 0.135. The van der Waals surface area contributed by atoms with Crippen LogP contribution in [-0.4, -0.2) is 50.2 Å². The van der Waals surface area contributed by atoms with E-state index in [1.54, 1.807) is 7.11 Å². The molecule has 1 saturated heterocycles. The third-order valence-electron chi connectivity index (χ3n) is 2.87. The molecule has 1 N–H and O–H groups in total. The number of likely N-dealkylation sites (tertiary alicyclic amines) is 1. The van der Waals surface area contributed by atoms with Crippen molar-refractivity contribution in [2.45, 2.75) is 46.1 Å². The number of carbonyl (C=O) groups excluding carboxylic acids is 1. The predicted octanol–water partition coefficient (Wildman–Crippen LogP) is 1.65. The highest BCUT2D eigenvalue weighted by molar-refractivity contribution is 5.75. The number of carbonyl (C=O) groups is 1. The first-order valence-electron chi connectivity index (χ1n) is 6.78. The van der Waals surface area contributed by atoms with Gasteiger partial charge in [0.05, 0.1) is 6.10 Å². The fourth-order valence-corrected chi connectivity index (χ4v) is 1.89. The third kappa shape index (κ3) is 7.34. The molecule has 1 fully saturated rings. The lowest BCUT2D eigenvalue weighted by atomic mass is 10.1. The normalized spacial score (nSPS) is 20.4. The summed E-state index contributed by atoms with van der Waals surface area (Å²) in [4.78, 5) is 13.4. The maximum Gasteiger partial charge on any atom is 0.219 e. The van der Waals surface area contributed by atoms with Crippen LogP contribution in [-0.2, 0) is 9.53 Å². The van der Waals surface area contributed by atoms with E-state index in [2.05, 4.69) is 10.2 Å². The molecule has 1 rings (SSSR count). The van der Waals surface area contributed by atoms with Crippen molar-refractivity contribution in [3.8, 4) is 0 Å². The quantitative estimate of drug-likeness (QED) is 0.799. The third-order valence-corrected chi connectivity index (χ3v) is 2.87.